The molecule has 6 nitrogen and oxygen atoms in total. The van der Waals surface area contributed by atoms with Crippen molar-refractivity contribution >= 4 is 11.9 Å². The summed E-state index contributed by atoms with van der Waals surface area (Å²) >= 11 is 0. The zero-order valence-electron chi connectivity index (χ0n) is 17.1. The van der Waals surface area contributed by atoms with Gasteiger partial charge in [0, 0.05) is 6.61 Å². The Bertz CT molecular complexity index is 416. The minimum absolute atomic E-state index is 0.0414. The van der Waals surface area contributed by atoms with Crippen LogP contribution in [0.5, 0.6) is 0 Å². The van der Waals surface area contributed by atoms with E-state index in [0.717, 1.165) is 6.42 Å². The van der Waals surface area contributed by atoms with E-state index in [-0.39, 0.29) is 25.9 Å². The van der Waals surface area contributed by atoms with E-state index in [0.29, 0.717) is 12.5 Å². The van der Waals surface area contributed by atoms with Gasteiger partial charge in [-0.2, -0.15) is 0 Å². The lowest BCUT2D eigenvalue weighted by Gasteiger charge is -2.30. The Kier molecular flexibility index (Phi) is 10.3. The van der Waals surface area contributed by atoms with Gasteiger partial charge in [-0.05, 0) is 53.9 Å². The molecule has 0 amide bonds. The predicted molar refractivity (Wildman–Crippen MR) is 96.3 cm³/mol. The molecule has 0 N–H and O–H groups in total. The summed E-state index contributed by atoms with van der Waals surface area (Å²) in [5.41, 5.74) is -2.12. The summed E-state index contributed by atoms with van der Waals surface area (Å²) < 4.78 is 21.7. The molecule has 6 heteroatoms. The lowest BCUT2D eigenvalue weighted by atomic mass is 9.93. The molecule has 0 aliphatic heterocycles. The number of carbonyl (C=O) groups excluding carboxylic acids is 2. The van der Waals surface area contributed by atoms with Gasteiger partial charge in [0.15, 0.2) is 5.60 Å². The second-order valence-corrected chi connectivity index (χ2v) is 7.76. The van der Waals surface area contributed by atoms with E-state index in [4.69, 9.17) is 18.9 Å². The lowest BCUT2D eigenvalue weighted by Crippen LogP contribution is -2.44. The second kappa shape index (κ2) is 10.8. The van der Waals surface area contributed by atoms with Crippen molar-refractivity contribution in [2.75, 3.05) is 26.4 Å². The molecule has 0 saturated carbocycles. The van der Waals surface area contributed by atoms with Gasteiger partial charge >= 0.3 is 11.9 Å². The fraction of sp³-hybridized carbons (Fsp3) is 0.895. The van der Waals surface area contributed by atoms with Crippen LogP contribution in [0.15, 0.2) is 0 Å². The van der Waals surface area contributed by atoms with E-state index in [9.17, 15) is 9.59 Å². The highest BCUT2D eigenvalue weighted by atomic mass is 16.6. The summed E-state index contributed by atoms with van der Waals surface area (Å²) in [5, 5.41) is 0. The first-order valence-corrected chi connectivity index (χ1v) is 9.04. The third-order valence-corrected chi connectivity index (χ3v) is 3.67. The van der Waals surface area contributed by atoms with Crippen molar-refractivity contribution in [2.45, 2.75) is 73.5 Å². The van der Waals surface area contributed by atoms with Crippen LogP contribution in [0, 0.1) is 11.3 Å². The van der Waals surface area contributed by atoms with Crippen LogP contribution >= 0.6 is 0 Å². The van der Waals surface area contributed by atoms with Crippen LogP contribution in [0.25, 0.3) is 0 Å². The third kappa shape index (κ3) is 9.21. The highest BCUT2D eigenvalue weighted by molar-refractivity contribution is 5.80. The molecule has 0 spiro atoms. The molecule has 0 aromatic heterocycles. The highest BCUT2D eigenvalue weighted by Gasteiger charge is 2.39. The average molecular weight is 360 g/mol. The van der Waals surface area contributed by atoms with Gasteiger partial charge in [0.2, 0.25) is 0 Å². The Balaban J connectivity index is 4.79. The summed E-state index contributed by atoms with van der Waals surface area (Å²) in [4.78, 5) is 24.6. The molecule has 148 valence electrons. The third-order valence-electron chi connectivity index (χ3n) is 3.67. The maximum absolute atomic E-state index is 12.4. The molecule has 1 atom stereocenters. The Morgan fingerprint density at radius 2 is 1.52 bits per heavy atom. The van der Waals surface area contributed by atoms with Crippen molar-refractivity contribution < 1.29 is 28.5 Å². The fourth-order valence-electron chi connectivity index (χ4n) is 1.82. The fourth-order valence-corrected chi connectivity index (χ4v) is 1.82. The first-order valence-electron chi connectivity index (χ1n) is 9.04. The molecule has 0 aromatic rings. The molecule has 0 saturated heterocycles. The van der Waals surface area contributed by atoms with E-state index in [1.54, 1.807) is 27.7 Å². The Morgan fingerprint density at radius 3 is 2.00 bits per heavy atom. The van der Waals surface area contributed by atoms with Crippen molar-refractivity contribution in [1.29, 1.82) is 0 Å². The Labute approximate surface area is 152 Å². The normalized spacial score (nSPS) is 14.5. The van der Waals surface area contributed by atoms with Gasteiger partial charge in [-0.25, -0.2) is 4.79 Å². The maximum Gasteiger partial charge on any atom is 0.337 e. The summed E-state index contributed by atoms with van der Waals surface area (Å²) in [7, 11) is 0. The number of rotatable bonds is 12. The first kappa shape index (κ1) is 23.9. The molecular formula is C19H36O6. The predicted octanol–water partition coefficient (Wildman–Crippen LogP) is 3.37. The van der Waals surface area contributed by atoms with Crippen molar-refractivity contribution in [2.24, 2.45) is 11.3 Å². The Hall–Kier alpha value is -1.14. The zero-order valence-corrected chi connectivity index (χ0v) is 17.1. The van der Waals surface area contributed by atoms with Crippen molar-refractivity contribution in [3.05, 3.63) is 0 Å². The molecular weight excluding hydrogens is 324 g/mol. The van der Waals surface area contributed by atoms with Crippen LogP contribution in [0.4, 0.5) is 0 Å². The van der Waals surface area contributed by atoms with Gasteiger partial charge < -0.3 is 18.9 Å². The lowest BCUT2D eigenvalue weighted by molar-refractivity contribution is -0.179. The molecule has 0 aliphatic rings. The van der Waals surface area contributed by atoms with E-state index in [2.05, 4.69) is 13.8 Å². The number of ether oxygens (including phenoxy) is 4. The molecule has 0 radical (unpaired) electrons. The van der Waals surface area contributed by atoms with Crippen LogP contribution in [-0.2, 0) is 28.5 Å². The van der Waals surface area contributed by atoms with Gasteiger partial charge in [-0.3, -0.25) is 4.79 Å². The van der Waals surface area contributed by atoms with E-state index < -0.39 is 23.0 Å². The van der Waals surface area contributed by atoms with Crippen LogP contribution in [0.2, 0.25) is 0 Å². The van der Waals surface area contributed by atoms with Crippen LogP contribution in [-0.4, -0.2) is 50.1 Å². The molecule has 0 heterocycles. The van der Waals surface area contributed by atoms with Crippen molar-refractivity contribution in [1.82, 2.24) is 0 Å². The summed E-state index contributed by atoms with van der Waals surface area (Å²) in [6.07, 6.45) is 0.819. The molecule has 0 rings (SSSR count). The second-order valence-electron chi connectivity index (χ2n) is 7.76. The molecule has 1 unspecified atom stereocenters. The highest BCUT2D eigenvalue weighted by Crippen LogP contribution is 2.23. The van der Waals surface area contributed by atoms with Gasteiger partial charge in [0.1, 0.15) is 12.0 Å². The van der Waals surface area contributed by atoms with E-state index in [1.807, 2.05) is 13.8 Å². The van der Waals surface area contributed by atoms with Gasteiger partial charge in [-0.15, -0.1) is 0 Å². The average Bonchev–Trinajstić information content (AvgIpc) is 2.50. The van der Waals surface area contributed by atoms with Crippen LogP contribution in [0.3, 0.4) is 0 Å². The quantitative estimate of drug-likeness (QED) is 0.497. The number of hydrogen-bond acceptors (Lipinski definition) is 6. The van der Waals surface area contributed by atoms with E-state index in [1.165, 1.54) is 0 Å². The molecule has 25 heavy (non-hydrogen) atoms. The van der Waals surface area contributed by atoms with Gasteiger partial charge in [-0.1, -0.05) is 13.8 Å². The maximum atomic E-state index is 12.4. The summed E-state index contributed by atoms with van der Waals surface area (Å²) in [5.74, 6) is -0.453. The first-order chi connectivity index (χ1) is 11.4. The molecule has 0 fully saturated rings. The van der Waals surface area contributed by atoms with Gasteiger partial charge in [0.05, 0.1) is 19.3 Å². The standard InChI is InChI=1S/C19H36O6/c1-9-22-17(21)19(8,12-23-15(4)5)13-24-16(20)18(6,7)25-11-10-14(2)3/h14-15H,9-13H2,1-8H3. The molecule has 0 aliphatic carbocycles. The summed E-state index contributed by atoms with van der Waals surface area (Å²) in [6, 6.07) is 0. The minimum Gasteiger partial charge on any atom is -0.465 e. The topological polar surface area (TPSA) is 71.1 Å². The number of carbonyl (C=O) groups is 2. The van der Waals surface area contributed by atoms with Crippen LogP contribution in [0.1, 0.15) is 61.8 Å². The summed E-state index contributed by atoms with van der Waals surface area (Å²) in [6.45, 7) is 15.4. The SMILES string of the molecule is CCOC(=O)C(C)(COC(=O)C(C)(C)OCCC(C)C)COC(C)C. The number of hydrogen-bond donors (Lipinski definition) is 0. The largest absolute Gasteiger partial charge is 0.465 e. The van der Waals surface area contributed by atoms with Crippen LogP contribution < -0.4 is 0 Å². The zero-order chi connectivity index (χ0) is 19.7. The molecule has 0 aromatic carbocycles. The number of esters is 2. The molecule has 0 bridgehead atoms. The van der Waals surface area contributed by atoms with E-state index >= 15 is 0 Å². The van der Waals surface area contributed by atoms with Gasteiger partial charge in [0.25, 0.3) is 0 Å². The smallest absolute Gasteiger partial charge is 0.337 e. The van der Waals surface area contributed by atoms with Crippen molar-refractivity contribution in [3.63, 3.8) is 0 Å². The minimum atomic E-state index is -1.07. The van der Waals surface area contributed by atoms with Crippen molar-refractivity contribution in [3.8, 4) is 0 Å². The Morgan fingerprint density at radius 1 is 0.920 bits per heavy atom. The monoisotopic (exact) mass is 360 g/mol.